The van der Waals surface area contributed by atoms with Gasteiger partial charge in [0.2, 0.25) is 0 Å². The molecule has 0 aliphatic rings. The SMILES string of the molecule is Cn1cc(CNc2ncccc2Br)cn1. The van der Waals surface area contributed by atoms with Gasteiger partial charge in [-0.1, -0.05) is 0 Å². The molecule has 4 nitrogen and oxygen atoms in total. The quantitative estimate of drug-likeness (QED) is 0.926. The van der Waals surface area contributed by atoms with Gasteiger partial charge in [0, 0.05) is 31.5 Å². The number of nitrogens with one attached hydrogen (secondary N) is 1. The average molecular weight is 267 g/mol. The van der Waals surface area contributed by atoms with Crippen molar-refractivity contribution >= 4 is 21.7 Å². The van der Waals surface area contributed by atoms with Crippen LogP contribution in [0.3, 0.4) is 0 Å². The molecule has 2 heterocycles. The summed E-state index contributed by atoms with van der Waals surface area (Å²) in [6, 6.07) is 3.85. The topological polar surface area (TPSA) is 42.7 Å². The van der Waals surface area contributed by atoms with Gasteiger partial charge in [-0.25, -0.2) is 4.98 Å². The monoisotopic (exact) mass is 266 g/mol. The van der Waals surface area contributed by atoms with Crippen LogP contribution in [0, 0.1) is 0 Å². The highest BCUT2D eigenvalue weighted by molar-refractivity contribution is 9.10. The van der Waals surface area contributed by atoms with Gasteiger partial charge in [-0.3, -0.25) is 4.68 Å². The third-order valence-corrected chi connectivity index (χ3v) is 2.62. The fourth-order valence-corrected chi connectivity index (χ4v) is 1.66. The molecule has 2 aromatic rings. The molecule has 0 aromatic carbocycles. The van der Waals surface area contributed by atoms with E-state index < -0.39 is 0 Å². The molecule has 0 aliphatic carbocycles. The van der Waals surface area contributed by atoms with Gasteiger partial charge in [0.25, 0.3) is 0 Å². The second-order valence-electron chi connectivity index (χ2n) is 3.21. The van der Waals surface area contributed by atoms with E-state index in [9.17, 15) is 0 Å². The molecule has 0 spiro atoms. The number of aromatic nitrogens is 3. The maximum atomic E-state index is 4.21. The first-order chi connectivity index (χ1) is 7.25. The molecule has 0 saturated heterocycles. The minimum atomic E-state index is 0.726. The highest BCUT2D eigenvalue weighted by Crippen LogP contribution is 2.18. The Balaban J connectivity index is 2.02. The molecule has 5 heteroatoms. The molecule has 0 unspecified atom stereocenters. The van der Waals surface area contributed by atoms with Gasteiger partial charge < -0.3 is 5.32 Å². The smallest absolute Gasteiger partial charge is 0.140 e. The van der Waals surface area contributed by atoms with Crippen molar-refractivity contribution in [3.63, 3.8) is 0 Å². The largest absolute Gasteiger partial charge is 0.365 e. The molecule has 0 bridgehead atoms. The van der Waals surface area contributed by atoms with Crippen molar-refractivity contribution in [3.05, 3.63) is 40.8 Å². The van der Waals surface area contributed by atoms with Crippen LogP contribution in [0.15, 0.2) is 35.2 Å². The van der Waals surface area contributed by atoms with Crippen molar-refractivity contribution in [2.45, 2.75) is 6.54 Å². The molecular weight excluding hydrogens is 256 g/mol. The standard InChI is InChI=1S/C10H11BrN4/c1-15-7-8(6-14-15)5-13-10-9(11)3-2-4-12-10/h2-4,6-7H,5H2,1H3,(H,12,13). The van der Waals surface area contributed by atoms with E-state index in [0.717, 1.165) is 22.4 Å². The van der Waals surface area contributed by atoms with Crippen molar-refractivity contribution in [2.75, 3.05) is 5.32 Å². The zero-order valence-corrected chi connectivity index (χ0v) is 9.90. The summed E-state index contributed by atoms with van der Waals surface area (Å²) in [5.41, 5.74) is 1.13. The number of hydrogen-bond donors (Lipinski definition) is 1. The summed E-state index contributed by atoms with van der Waals surface area (Å²) >= 11 is 3.43. The number of pyridine rings is 1. The van der Waals surface area contributed by atoms with Gasteiger partial charge in [0.05, 0.1) is 10.7 Å². The molecule has 78 valence electrons. The second kappa shape index (κ2) is 4.44. The van der Waals surface area contributed by atoms with Gasteiger partial charge in [-0.15, -0.1) is 0 Å². The maximum Gasteiger partial charge on any atom is 0.140 e. The van der Waals surface area contributed by atoms with Crippen LogP contribution in [-0.4, -0.2) is 14.8 Å². The Hall–Kier alpha value is -1.36. The van der Waals surface area contributed by atoms with Crippen LogP contribution in [0.25, 0.3) is 0 Å². The number of rotatable bonds is 3. The zero-order chi connectivity index (χ0) is 10.7. The molecule has 0 atom stereocenters. The lowest BCUT2D eigenvalue weighted by molar-refractivity contribution is 0.767. The maximum absolute atomic E-state index is 4.21. The van der Waals surface area contributed by atoms with Gasteiger partial charge in [0.1, 0.15) is 5.82 Å². The van der Waals surface area contributed by atoms with Crippen LogP contribution in [0.4, 0.5) is 5.82 Å². The lowest BCUT2D eigenvalue weighted by Crippen LogP contribution is -2.00. The van der Waals surface area contributed by atoms with E-state index in [1.807, 2.05) is 31.6 Å². The van der Waals surface area contributed by atoms with Crippen molar-refractivity contribution in [1.29, 1.82) is 0 Å². The van der Waals surface area contributed by atoms with E-state index in [-0.39, 0.29) is 0 Å². The van der Waals surface area contributed by atoms with Crippen molar-refractivity contribution in [2.24, 2.45) is 7.05 Å². The molecule has 1 N–H and O–H groups in total. The lowest BCUT2D eigenvalue weighted by Gasteiger charge is -2.04. The Kier molecular flexibility index (Phi) is 3.01. The predicted molar refractivity (Wildman–Crippen MR) is 62.5 cm³/mol. The number of nitrogens with zero attached hydrogens (tertiary/aromatic N) is 3. The predicted octanol–water partition coefficient (Wildman–Crippen LogP) is 2.19. The number of halogens is 1. The average Bonchev–Trinajstić information content (AvgIpc) is 2.63. The first kappa shape index (κ1) is 10.2. The highest BCUT2D eigenvalue weighted by atomic mass is 79.9. The van der Waals surface area contributed by atoms with Crippen LogP contribution in [0.2, 0.25) is 0 Å². The first-order valence-electron chi connectivity index (χ1n) is 4.57. The number of hydrogen-bond acceptors (Lipinski definition) is 3. The van der Waals surface area contributed by atoms with Crippen molar-refractivity contribution in [1.82, 2.24) is 14.8 Å². The van der Waals surface area contributed by atoms with Crippen LogP contribution in [0.5, 0.6) is 0 Å². The van der Waals surface area contributed by atoms with Gasteiger partial charge >= 0.3 is 0 Å². The molecule has 0 fully saturated rings. The minimum Gasteiger partial charge on any atom is -0.365 e. The fraction of sp³-hybridized carbons (Fsp3) is 0.200. The van der Waals surface area contributed by atoms with Gasteiger partial charge in [0.15, 0.2) is 0 Å². The molecule has 2 aromatic heterocycles. The van der Waals surface area contributed by atoms with Gasteiger partial charge in [-0.05, 0) is 28.1 Å². The van der Waals surface area contributed by atoms with Crippen LogP contribution in [-0.2, 0) is 13.6 Å². The first-order valence-corrected chi connectivity index (χ1v) is 5.37. The van der Waals surface area contributed by atoms with E-state index >= 15 is 0 Å². The summed E-state index contributed by atoms with van der Waals surface area (Å²) in [4.78, 5) is 4.21. The lowest BCUT2D eigenvalue weighted by atomic mass is 10.3. The third kappa shape index (κ3) is 2.56. The van der Waals surface area contributed by atoms with Crippen LogP contribution >= 0.6 is 15.9 Å². The molecular formula is C10H11BrN4. The number of aryl methyl sites for hydroxylation is 1. The number of anilines is 1. The molecule has 0 saturated carbocycles. The van der Waals surface area contributed by atoms with Gasteiger partial charge in [-0.2, -0.15) is 5.10 Å². The van der Waals surface area contributed by atoms with E-state index in [1.165, 1.54) is 0 Å². The molecule has 15 heavy (non-hydrogen) atoms. The van der Waals surface area contributed by atoms with E-state index in [2.05, 4.69) is 31.3 Å². The highest BCUT2D eigenvalue weighted by Gasteiger charge is 2.00. The van der Waals surface area contributed by atoms with Crippen molar-refractivity contribution in [3.8, 4) is 0 Å². The van der Waals surface area contributed by atoms with E-state index in [4.69, 9.17) is 0 Å². The Morgan fingerprint density at radius 2 is 2.40 bits per heavy atom. The van der Waals surface area contributed by atoms with E-state index in [0.29, 0.717) is 0 Å². The Labute approximate surface area is 96.5 Å². The minimum absolute atomic E-state index is 0.726. The molecule has 0 aliphatic heterocycles. The molecule has 2 rings (SSSR count). The summed E-state index contributed by atoms with van der Waals surface area (Å²) in [5.74, 6) is 0.848. The van der Waals surface area contributed by atoms with Crippen molar-refractivity contribution < 1.29 is 0 Å². The summed E-state index contributed by atoms with van der Waals surface area (Å²) < 4.78 is 2.75. The Morgan fingerprint density at radius 1 is 1.53 bits per heavy atom. The fourth-order valence-electron chi connectivity index (χ4n) is 1.26. The van der Waals surface area contributed by atoms with E-state index in [1.54, 1.807) is 10.9 Å². The summed E-state index contributed by atoms with van der Waals surface area (Å²) in [7, 11) is 1.90. The second-order valence-corrected chi connectivity index (χ2v) is 4.06. The normalized spacial score (nSPS) is 10.3. The third-order valence-electron chi connectivity index (χ3n) is 1.98. The molecule has 0 amide bonds. The summed E-state index contributed by atoms with van der Waals surface area (Å²) in [6.07, 6.45) is 5.57. The van der Waals surface area contributed by atoms with Crippen LogP contribution in [0.1, 0.15) is 5.56 Å². The zero-order valence-electron chi connectivity index (χ0n) is 8.31. The Morgan fingerprint density at radius 3 is 3.07 bits per heavy atom. The van der Waals surface area contributed by atoms with Crippen LogP contribution < -0.4 is 5.32 Å². The molecule has 0 radical (unpaired) electrons. The summed E-state index contributed by atoms with van der Waals surface area (Å²) in [6.45, 7) is 0.726. The Bertz CT molecular complexity index is 452. The summed E-state index contributed by atoms with van der Waals surface area (Å²) in [5, 5.41) is 7.33.